The first-order valence-corrected chi connectivity index (χ1v) is 6.07. The topological polar surface area (TPSA) is 20.2 Å². The van der Waals surface area contributed by atoms with Gasteiger partial charge in [-0.05, 0) is 26.2 Å². The van der Waals surface area contributed by atoms with Crippen molar-refractivity contribution >= 4 is 0 Å². The lowest BCUT2D eigenvalue weighted by Crippen LogP contribution is -1.83. The predicted molar refractivity (Wildman–Crippen MR) is 63.5 cm³/mol. The molecule has 0 aliphatic carbocycles. The number of aliphatic hydroxyl groups is 1. The van der Waals surface area contributed by atoms with Crippen molar-refractivity contribution in [2.24, 2.45) is 0 Å². The molecule has 0 bridgehead atoms. The number of aliphatic hydroxyl groups excluding tert-OH is 1. The molecule has 0 saturated carbocycles. The Bertz CT molecular complexity index is 138. The average Bonchev–Trinajstić information content (AvgIpc) is 2.20. The van der Waals surface area contributed by atoms with E-state index < -0.39 is 0 Å². The second kappa shape index (κ2) is 10.8. The van der Waals surface area contributed by atoms with Crippen LogP contribution in [0.15, 0.2) is 11.6 Å². The van der Waals surface area contributed by atoms with E-state index in [1.165, 1.54) is 50.5 Å². The standard InChI is InChI=1S/C13H26O/c1-3-4-5-6-7-8-10-13(2)11-9-12-14/h11,14H,3-10,12H2,1-2H3. The summed E-state index contributed by atoms with van der Waals surface area (Å²) in [5.74, 6) is 0. The molecule has 14 heavy (non-hydrogen) atoms. The second-order valence-electron chi connectivity index (χ2n) is 4.08. The Morgan fingerprint density at radius 3 is 2.36 bits per heavy atom. The molecule has 0 aliphatic rings. The van der Waals surface area contributed by atoms with Crippen LogP contribution < -0.4 is 0 Å². The largest absolute Gasteiger partial charge is 0.396 e. The molecule has 0 aromatic rings. The lowest BCUT2D eigenvalue weighted by Gasteiger charge is -2.01. The van der Waals surface area contributed by atoms with Gasteiger partial charge in [-0.3, -0.25) is 0 Å². The Hall–Kier alpha value is -0.300. The summed E-state index contributed by atoms with van der Waals surface area (Å²) in [5, 5.41) is 8.64. The molecular formula is C13H26O. The molecule has 0 amide bonds. The van der Waals surface area contributed by atoms with E-state index in [2.05, 4.69) is 19.9 Å². The minimum absolute atomic E-state index is 0.286. The van der Waals surface area contributed by atoms with Gasteiger partial charge in [0.2, 0.25) is 0 Å². The van der Waals surface area contributed by atoms with Gasteiger partial charge in [0, 0.05) is 6.61 Å². The Balaban J connectivity index is 3.18. The summed E-state index contributed by atoms with van der Waals surface area (Å²) in [6, 6.07) is 0. The zero-order valence-corrected chi connectivity index (χ0v) is 9.89. The average molecular weight is 198 g/mol. The molecule has 0 spiro atoms. The highest BCUT2D eigenvalue weighted by molar-refractivity contribution is 4.97. The van der Waals surface area contributed by atoms with Crippen molar-refractivity contribution in [1.29, 1.82) is 0 Å². The Kier molecular flexibility index (Phi) is 10.5. The van der Waals surface area contributed by atoms with Gasteiger partial charge in [0.25, 0.3) is 0 Å². The number of hydrogen-bond acceptors (Lipinski definition) is 1. The molecule has 1 N–H and O–H groups in total. The first-order valence-electron chi connectivity index (χ1n) is 6.07. The highest BCUT2D eigenvalue weighted by Crippen LogP contribution is 2.11. The fraction of sp³-hybridized carbons (Fsp3) is 0.846. The fourth-order valence-corrected chi connectivity index (χ4v) is 1.60. The van der Waals surface area contributed by atoms with Crippen molar-refractivity contribution in [1.82, 2.24) is 0 Å². The van der Waals surface area contributed by atoms with Gasteiger partial charge in [0.05, 0.1) is 0 Å². The van der Waals surface area contributed by atoms with Gasteiger partial charge in [-0.2, -0.15) is 0 Å². The Labute approximate surface area is 89.2 Å². The molecule has 0 atom stereocenters. The van der Waals surface area contributed by atoms with Crippen LogP contribution in [0.5, 0.6) is 0 Å². The van der Waals surface area contributed by atoms with Crippen molar-refractivity contribution in [3.8, 4) is 0 Å². The minimum Gasteiger partial charge on any atom is -0.396 e. The van der Waals surface area contributed by atoms with Crippen LogP contribution >= 0.6 is 0 Å². The van der Waals surface area contributed by atoms with E-state index in [1.807, 2.05) is 0 Å². The van der Waals surface area contributed by atoms with Crippen LogP contribution in [-0.4, -0.2) is 11.7 Å². The molecule has 0 heterocycles. The molecule has 84 valence electrons. The number of rotatable bonds is 9. The maximum atomic E-state index is 8.64. The van der Waals surface area contributed by atoms with E-state index in [0.717, 1.165) is 6.42 Å². The van der Waals surface area contributed by atoms with Crippen molar-refractivity contribution in [3.05, 3.63) is 11.6 Å². The van der Waals surface area contributed by atoms with E-state index in [-0.39, 0.29) is 6.61 Å². The van der Waals surface area contributed by atoms with Crippen LogP contribution in [0.25, 0.3) is 0 Å². The van der Waals surface area contributed by atoms with E-state index in [9.17, 15) is 0 Å². The van der Waals surface area contributed by atoms with Gasteiger partial charge in [-0.15, -0.1) is 0 Å². The summed E-state index contributed by atoms with van der Waals surface area (Å²) in [6.07, 6.45) is 12.4. The van der Waals surface area contributed by atoms with E-state index in [4.69, 9.17) is 5.11 Å². The number of unbranched alkanes of at least 4 members (excludes halogenated alkanes) is 5. The summed E-state index contributed by atoms with van der Waals surface area (Å²) >= 11 is 0. The molecule has 0 unspecified atom stereocenters. The molecule has 0 rings (SSSR count). The zero-order chi connectivity index (χ0) is 10.6. The van der Waals surface area contributed by atoms with Crippen molar-refractivity contribution in [2.45, 2.75) is 65.2 Å². The van der Waals surface area contributed by atoms with Crippen molar-refractivity contribution in [2.75, 3.05) is 6.61 Å². The normalized spacial score (nSPS) is 12.1. The van der Waals surface area contributed by atoms with Gasteiger partial charge in [-0.1, -0.05) is 50.7 Å². The molecule has 1 nitrogen and oxygen atoms in total. The van der Waals surface area contributed by atoms with E-state index >= 15 is 0 Å². The van der Waals surface area contributed by atoms with Crippen LogP contribution in [0.2, 0.25) is 0 Å². The van der Waals surface area contributed by atoms with Crippen LogP contribution in [0.3, 0.4) is 0 Å². The molecule has 1 heteroatoms. The van der Waals surface area contributed by atoms with E-state index in [1.54, 1.807) is 0 Å². The zero-order valence-electron chi connectivity index (χ0n) is 9.89. The predicted octanol–water partition coefficient (Wildman–Crippen LogP) is 4.07. The highest BCUT2D eigenvalue weighted by atomic mass is 16.2. The summed E-state index contributed by atoms with van der Waals surface area (Å²) in [7, 11) is 0. The third-order valence-electron chi connectivity index (χ3n) is 2.55. The lowest BCUT2D eigenvalue weighted by atomic mass is 10.1. The second-order valence-corrected chi connectivity index (χ2v) is 4.08. The SMILES string of the molecule is CCCCCCCCC(C)=CCCO. The molecule has 0 radical (unpaired) electrons. The van der Waals surface area contributed by atoms with E-state index in [0.29, 0.717) is 0 Å². The first-order chi connectivity index (χ1) is 6.81. The van der Waals surface area contributed by atoms with Gasteiger partial charge in [0.1, 0.15) is 0 Å². The Morgan fingerprint density at radius 1 is 1.07 bits per heavy atom. The quantitative estimate of drug-likeness (QED) is 0.437. The molecular weight excluding hydrogens is 172 g/mol. The molecule has 0 aromatic carbocycles. The fourth-order valence-electron chi connectivity index (χ4n) is 1.60. The molecule has 0 aliphatic heterocycles. The number of hydrogen-bond donors (Lipinski definition) is 1. The summed E-state index contributed by atoms with van der Waals surface area (Å²) < 4.78 is 0. The van der Waals surface area contributed by atoms with Gasteiger partial charge >= 0.3 is 0 Å². The lowest BCUT2D eigenvalue weighted by molar-refractivity contribution is 0.302. The summed E-state index contributed by atoms with van der Waals surface area (Å²) in [5.41, 5.74) is 1.44. The van der Waals surface area contributed by atoms with Crippen LogP contribution in [0.4, 0.5) is 0 Å². The van der Waals surface area contributed by atoms with Crippen molar-refractivity contribution < 1.29 is 5.11 Å². The first kappa shape index (κ1) is 13.7. The Morgan fingerprint density at radius 2 is 1.71 bits per heavy atom. The monoisotopic (exact) mass is 198 g/mol. The molecule has 0 aromatic heterocycles. The summed E-state index contributed by atoms with van der Waals surface area (Å²) in [4.78, 5) is 0. The van der Waals surface area contributed by atoms with Crippen molar-refractivity contribution in [3.63, 3.8) is 0 Å². The maximum Gasteiger partial charge on any atom is 0.0465 e. The highest BCUT2D eigenvalue weighted by Gasteiger charge is 1.92. The van der Waals surface area contributed by atoms with Gasteiger partial charge < -0.3 is 5.11 Å². The van der Waals surface area contributed by atoms with Gasteiger partial charge in [-0.25, -0.2) is 0 Å². The van der Waals surface area contributed by atoms with Crippen LogP contribution in [0, 0.1) is 0 Å². The van der Waals surface area contributed by atoms with Gasteiger partial charge in [0.15, 0.2) is 0 Å². The van der Waals surface area contributed by atoms with Crippen LogP contribution in [0.1, 0.15) is 65.2 Å². The molecule has 0 fully saturated rings. The third kappa shape index (κ3) is 9.79. The van der Waals surface area contributed by atoms with Crippen LogP contribution in [-0.2, 0) is 0 Å². The maximum absolute atomic E-state index is 8.64. The number of allylic oxidation sites excluding steroid dienone is 1. The third-order valence-corrected chi connectivity index (χ3v) is 2.55. The smallest absolute Gasteiger partial charge is 0.0465 e. The summed E-state index contributed by atoms with van der Waals surface area (Å²) in [6.45, 7) is 4.71. The minimum atomic E-state index is 0.286. The molecule has 0 saturated heterocycles.